The average Bonchev–Trinajstić information content (AvgIpc) is 2.65. The Morgan fingerprint density at radius 2 is 2.50 bits per heavy atom. The number of nitrogens with zero attached hydrogens (tertiary/aromatic N) is 1. The number of carbonyl (C=O) groups excluding carboxylic acids is 1. The molecule has 5 nitrogen and oxygen atoms in total. The van der Waals surface area contributed by atoms with Crippen LogP contribution in [-0.2, 0) is 0 Å². The van der Waals surface area contributed by atoms with Crippen molar-refractivity contribution in [2.45, 2.75) is 38.8 Å². The molecule has 2 unspecified atom stereocenters. The summed E-state index contributed by atoms with van der Waals surface area (Å²) in [6, 6.07) is 2.34. The van der Waals surface area contributed by atoms with Crippen LogP contribution in [0.1, 0.15) is 36.0 Å². The fraction of sp³-hybridized carbons (Fsp3) is 0.636. The molecule has 2 atom stereocenters. The standard InChI is InChI=1S/C11H17N3O2/c1-7-5-9(3-4-12-7)13-11(15)10-6-8(2)14-16-10/h6-7,9,12H,3-5H2,1-2H3,(H,13,15). The summed E-state index contributed by atoms with van der Waals surface area (Å²) in [6.45, 7) is 4.87. The zero-order chi connectivity index (χ0) is 11.5. The van der Waals surface area contributed by atoms with Gasteiger partial charge >= 0.3 is 0 Å². The van der Waals surface area contributed by atoms with Crippen LogP contribution in [0, 0.1) is 6.92 Å². The maximum absolute atomic E-state index is 11.8. The van der Waals surface area contributed by atoms with Crippen LogP contribution >= 0.6 is 0 Å². The summed E-state index contributed by atoms with van der Waals surface area (Å²) in [6.07, 6.45) is 1.92. The van der Waals surface area contributed by atoms with Gasteiger partial charge in [0.15, 0.2) is 0 Å². The topological polar surface area (TPSA) is 67.2 Å². The summed E-state index contributed by atoms with van der Waals surface area (Å²) in [5.74, 6) is 0.128. The lowest BCUT2D eigenvalue weighted by Gasteiger charge is -2.28. The van der Waals surface area contributed by atoms with Gasteiger partial charge in [-0.3, -0.25) is 4.79 Å². The van der Waals surface area contributed by atoms with Gasteiger partial charge in [-0.15, -0.1) is 0 Å². The highest BCUT2D eigenvalue weighted by atomic mass is 16.5. The molecule has 2 rings (SSSR count). The summed E-state index contributed by atoms with van der Waals surface area (Å²) >= 11 is 0. The SMILES string of the molecule is Cc1cc(C(=O)NC2CCNC(C)C2)on1. The van der Waals surface area contributed by atoms with E-state index < -0.39 is 0 Å². The van der Waals surface area contributed by atoms with Crippen LogP contribution in [0.4, 0.5) is 0 Å². The normalized spacial score (nSPS) is 25.4. The predicted octanol–water partition coefficient (Wildman–Crippen LogP) is 0.853. The van der Waals surface area contributed by atoms with Crippen LogP contribution in [0.2, 0.25) is 0 Å². The van der Waals surface area contributed by atoms with E-state index in [0.29, 0.717) is 11.8 Å². The Hall–Kier alpha value is -1.36. The van der Waals surface area contributed by atoms with Crippen LogP contribution in [0.15, 0.2) is 10.6 Å². The van der Waals surface area contributed by atoms with Crippen molar-refractivity contribution in [1.82, 2.24) is 15.8 Å². The number of hydrogen-bond donors (Lipinski definition) is 2. The molecular formula is C11H17N3O2. The monoisotopic (exact) mass is 223 g/mol. The first-order chi connectivity index (χ1) is 7.65. The van der Waals surface area contributed by atoms with Gasteiger partial charge in [-0.05, 0) is 33.2 Å². The molecule has 5 heteroatoms. The number of nitrogens with one attached hydrogen (secondary N) is 2. The van der Waals surface area contributed by atoms with Crippen molar-refractivity contribution < 1.29 is 9.32 Å². The molecule has 1 aliphatic rings. The average molecular weight is 223 g/mol. The van der Waals surface area contributed by atoms with Gasteiger partial charge in [0.05, 0.1) is 5.69 Å². The largest absolute Gasteiger partial charge is 0.351 e. The number of piperidine rings is 1. The number of aromatic nitrogens is 1. The molecule has 1 aliphatic heterocycles. The zero-order valence-corrected chi connectivity index (χ0v) is 9.62. The quantitative estimate of drug-likeness (QED) is 0.780. The molecule has 1 aromatic heterocycles. The molecule has 0 saturated carbocycles. The maximum Gasteiger partial charge on any atom is 0.290 e. The van der Waals surface area contributed by atoms with Crippen LogP contribution in [-0.4, -0.2) is 29.7 Å². The highest BCUT2D eigenvalue weighted by molar-refractivity contribution is 5.91. The van der Waals surface area contributed by atoms with Gasteiger partial charge in [-0.25, -0.2) is 0 Å². The van der Waals surface area contributed by atoms with Crippen molar-refractivity contribution in [2.24, 2.45) is 0 Å². The minimum absolute atomic E-state index is 0.167. The Balaban J connectivity index is 1.92. The smallest absolute Gasteiger partial charge is 0.290 e. The Morgan fingerprint density at radius 1 is 1.69 bits per heavy atom. The van der Waals surface area contributed by atoms with E-state index in [-0.39, 0.29) is 11.9 Å². The number of aryl methyl sites for hydroxylation is 1. The first-order valence-electron chi connectivity index (χ1n) is 5.62. The summed E-state index contributed by atoms with van der Waals surface area (Å²) in [5, 5.41) is 10.0. The van der Waals surface area contributed by atoms with E-state index in [1.165, 1.54) is 0 Å². The van der Waals surface area contributed by atoms with Gasteiger partial charge in [-0.1, -0.05) is 5.16 Å². The van der Waals surface area contributed by atoms with E-state index in [1.807, 2.05) is 0 Å². The third-order valence-electron chi connectivity index (χ3n) is 2.81. The lowest BCUT2D eigenvalue weighted by Crippen LogP contribution is -2.46. The molecule has 0 bridgehead atoms. The molecule has 0 spiro atoms. The predicted molar refractivity (Wildman–Crippen MR) is 59.2 cm³/mol. The van der Waals surface area contributed by atoms with E-state index in [0.717, 1.165) is 25.1 Å². The lowest BCUT2D eigenvalue weighted by molar-refractivity contribution is 0.0888. The van der Waals surface area contributed by atoms with Gasteiger partial charge in [0.2, 0.25) is 5.76 Å². The minimum atomic E-state index is -0.167. The molecule has 1 aromatic rings. The van der Waals surface area contributed by atoms with E-state index >= 15 is 0 Å². The molecule has 1 amide bonds. The summed E-state index contributed by atoms with van der Waals surface area (Å²) in [5.41, 5.74) is 0.726. The van der Waals surface area contributed by atoms with Crippen molar-refractivity contribution in [3.8, 4) is 0 Å². The highest BCUT2D eigenvalue weighted by Crippen LogP contribution is 2.09. The van der Waals surface area contributed by atoms with Crippen LogP contribution in [0.25, 0.3) is 0 Å². The van der Waals surface area contributed by atoms with Gasteiger partial charge < -0.3 is 15.2 Å². The Bertz CT molecular complexity index is 375. The molecular weight excluding hydrogens is 206 g/mol. The number of amides is 1. The highest BCUT2D eigenvalue weighted by Gasteiger charge is 2.21. The van der Waals surface area contributed by atoms with Crippen molar-refractivity contribution in [3.05, 3.63) is 17.5 Å². The van der Waals surface area contributed by atoms with Gasteiger partial charge in [0.25, 0.3) is 5.91 Å². The fourth-order valence-electron chi connectivity index (χ4n) is 1.99. The molecule has 1 fully saturated rings. The lowest BCUT2D eigenvalue weighted by atomic mass is 10.0. The second kappa shape index (κ2) is 4.65. The Labute approximate surface area is 94.6 Å². The second-order valence-corrected chi connectivity index (χ2v) is 4.38. The van der Waals surface area contributed by atoms with E-state index in [2.05, 4.69) is 22.7 Å². The van der Waals surface area contributed by atoms with Crippen LogP contribution < -0.4 is 10.6 Å². The summed E-state index contributed by atoms with van der Waals surface area (Å²) in [7, 11) is 0. The van der Waals surface area contributed by atoms with Crippen molar-refractivity contribution in [1.29, 1.82) is 0 Å². The van der Waals surface area contributed by atoms with Crippen molar-refractivity contribution in [3.63, 3.8) is 0 Å². The van der Waals surface area contributed by atoms with Gasteiger partial charge in [-0.2, -0.15) is 0 Å². The first-order valence-corrected chi connectivity index (χ1v) is 5.62. The van der Waals surface area contributed by atoms with Gasteiger partial charge in [0.1, 0.15) is 0 Å². The Morgan fingerprint density at radius 3 is 3.12 bits per heavy atom. The van der Waals surface area contributed by atoms with Gasteiger partial charge in [0, 0.05) is 18.2 Å². The summed E-state index contributed by atoms with van der Waals surface area (Å²) < 4.78 is 4.92. The van der Waals surface area contributed by atoms with E-state index in [9.17, 15) is 4.79 Å². The maximum atomic E-state index is 11.8. The molecule has 16 heavy (non-hydrogen) atoms. The number of carbonyl (C=O) groups is 1. The molecule has 0 aliphatic carbocycles. The van der Waals surface area contributed by atoms with E-state index in [4.69, 9.17) is 4.52 Å². The molecule has 88 valence electrons. The second-order valence-electron chi connectivity index (χ2n) is 4.38. The van der Waals surface area contributed by atoms with Crippen molar-refractivity contribution >= 4 is 5.91 Å². The molecule has 2 heterocycles. The van der Waals surface area contributed by atoms with E-state index in [1.54, 1.807) is 13.0 Å². The third kappa shape index (κ3) is 2.61. The minimum Gasteiger partial charge on any atom is -0.351 e. The number of rotatable bonds is 2. The fourth-order valence-corrected chi connectivity index (χ4v) is 1.99. The molecule has 0 aromatic carbocycles. The zero-order valence-electron chi connectivity index (χ0n) is 9.62. The summed E-state index contributed by atoms with van der Waals surface area (Å²) in [4.78, 5) is 11.8. The molecule has 2 N–H and O–H groups in total. The molecule has 0 radical (unpaired) electrons. The third-order valence-corrected chi connectivity index (χ3v) is 2.81. The Kier molecular flexibility index (Phi) is 3.24. The van der Waals surface area contributed by atoms with Crippen LogP contribution in [0.5, 0.6) is 0 Å². The first kappa shape index (κ1) is 11.1. The van der Waals surface area contributed by atoms with Crippen molar-refractivity contribution in [2.75, 3.05) is 6.54 Å². The number of hydrogen-bond acceptors (Lipinski definition) is 4. The molecule has 1 saturated heterocycles. The van der Waals surface area contributed by atoms with Crippen LogP contribution in [0.3, 0.4) is 0 Å².